The number of nitrogens with zero attached hydrogens (tertiary/aromatic N) is 1. The van der Waals surface area contributed by atoms with Crippen LogP contribution in [-0.4, -0.2) is 74.9 Å². The highest BCUT2D eigenvalue weighted by molar-refractivity contribution is 5.96. The highest BCUT2D eigenvalue weighted by atomic mass is 16.6. The second kappa shape index (κ2) is 9.70. The predicted octanol–water partition coefficient (Wildman–Crippen LogP) is 1.32. The number of rotatable bonds is 2. The number of allylic oxidation sites excluding steroid dienone is 1. The molecule has 10 heteroatoms. The van der Waals surface area contributed by atoms with E-state index in [1.165, 1.54) is 4.90 Å². The van der Waals surface area contributed by atoms with Gasteiger partial charge in [0.05, 0.1) is 6.10 Å². The number of aliphatic hydroxyl groups excluding tert-OH is 1. The topological polar surface area (TPSA) is 145 Å². The summed E-state index contributed by atoms with van der Waals surface area (Å²) < 4.78 is 5.30. The average Bonchev–Trinajstić information content (AvgIpc) is 3.25. The van der Waals surface area contributed by atoms with Crippen molar-refractivity contribution in [3.63, 3.8) is 0 Å². The lowest BCUT2D eigenvalue weighted by atomic mass is 10.0. The fourth-order valence-corrected chi connectivity index (χ4v) is 4.53. The molecule has 0 radical (unpaired) electrons. The van der Waals surface area contributed by atoms with Crippen molar-refractivity contribution in [1.29, 1.82) is 0 Å². The Labute approximate surface area is 193 Å². The number of carbonyl (C=O) groups is 4. The first kappa shape index (κ1) is 25.0. The van der Waals surface area contributed by atoms with Gasteiger partial charge in [-0.15, -0.1) is 0 Å². The number of amides is 3. The fraction of sp³-hybridized carbons (Fsp3) is 0.739. The Bertz CT molecular complexity index is 821. The van der Waals surface area contributed by atoms with Crippen LogP contribution in [0, 0.1) is 5.92 Å². The molecule has 0 bridgehead atoms. The van der Waals surface area contributed by atoms with Gasteiger partial charge in [-0.3, -0.25) is 9.59 Å². The summed E-state index contributed by atoms with van der Waals surface area (Å²) in [5.41, 5.74) is -2.12. The van der Waals surface area contributed by atoms with Crippen LogP contribution in [0.4, 0.5) is 4.79 Å². The van der Waals surface area contributed by atoms with Crippen LogP contribution < -0.4 is 10.6 Å². The summed E-state index contributed by atoms with van der Waals surface area (Å²) in [6.07, 6.45) is 5.91. The molecule has 1 saturated carbocycles. The van der Waals surface area contributed by atoms with Crippen LogP contribution in [0.15, 0.2) is 12.2 Å². The maximum atomic E-state index is 13.4. The molecule has 2 fully saturated rings. The predicted molar refractivity (Wildman–Crippen MR) is 118 cm³/mol. The molecule has 0 aromatic heterocycles. The molecule has 1 saturated heterocycles. The zero-order chi connectivity index (χ0) is 24.4. The van der Waals surface area contributed by atoms with Crippen LogP contribution in [0.3, 0.4) is 0 Å². The van der Waals surface area contributed by atoms with Gasteiger partial charge in [0.25, 0.3) is 0 Å². The molecule has 0 spiro atoms. The quantitative estimate of drug-likeness (QED) is 0.450. The van der Waals surface area contributed by atoms with E-state index in [0.29, 0.717) is 12.8 Å². The van der Waals surface area contributed by atoms with Crippen molar-refractivity contribution in [3.8, 4) is 0 Å². The third-order valence-electron chi connectivity index (χ3n) is 6.33. The minimum atomic E-state index is -1.38. The number of carboxylic acids is 1. The van der Waals surface area contributed by atoms with Crippen LogP contribution in [0.1, 0.15) is 65.7 Å². The number of hydrogen-bond acceptors (Lipinski definition) is 6. The molecule has 2 aliphatic heterocycles. The van der Waals surface area contributed by atoms with E-state index in [2.05, 4.69) is 10.6 Å². The summed E-state index contributed by atoms with van der Waals surface area (Å²) in [4.78, 5) is 52.0. The molecule has 33 heavy (non-hydrogen) atoms. The molecule has 184 valence electrons. The number of fused-ring (bicyclic) bond motifs is 2. The van der Waals surface area contributed by atoms with Gasteiger partial charge in [-0.2, -0.15) is 0 Å². The molecule has 2 heterocycles. The van der Waals surface area contributed by atoms with Gasteiger partial charge in [-0.25, -0.2) is 9.59 Å². The molecule has 1 aliphatic carbocycles. The molecule has 3 amide bonds. The lowest BCUT2D eigenvalue weighted by molar-refractivity contribution is -0.145. The van der Waals surface area contributed by atoms with Gasteiger partial charge in [0.2, 0.25) is 11.8 Å². The molecule has 1 unspecified atom stereocenters. The van der Waals surface area contributed by atoms with Gasteiger partial charge in [0.1, 0.15) is 23.2 Å². The number of ether oxygens (including phenoxy) is 1. The fourth-order valence-electron chi connectivity index (χ4n) is 4.53. The van der Waals surface area contributed by atoms with Crippen LogP contribution in [0.25, 0.3) is 0 Å². The third-order valence-corrected chi connectivity index (χ3v) is 6.33. The van der Waals surface area contributed by atoms with Gasteiger partial charge in [0, 0.05) is 18.9 Å². The minimum Gasteiger partial charge on any atom is -0.479 e. The van der Waals surface area contributed by atoms with E-state index in [9.17, 15) is 29.4 Å². The van der Waals surface area contributed by atoms with E-state index in [0.717, 1.165) is 19.3 Å². The number of aliphatic hydroxyl groups is 1. The Kier molecular flexibility index (Phi) is 7.36. The SMILES string of the molecule is CC(C)(C)OC(=O)NC1CCCCC/C=C\[C@@H]2C[C@@]2(C(=O)O)NC(=O)[C@@H]2C[C@H](O)CN2C1=O. The maximum Gasteiger partial charge on any atom is 0.408 e. The Balaban J connectivity index is 1.83. The van der Waals surface area contributed by atoms with E-state index in [4.69, 9.17) is 4.74 Å². The van der Waals surface area contributed by atoms with Crippen molar-refractivity contribution in [2.24, 2.45) is 5.92 Å². The van der Waals surface area contributed by atoms with Gasteiger partial charge >= 0.3 is 12.1 Å². The van der Waals surface area contributed by atoms with Crippen molar-refractivity contribution in [2.45, 2.75) is 95.0 Å². The number of alkyl carbamates (subject to hydrolysis) is 1. The first-order valence-electron chi connectivity index (χ1n) is 11.6. The maximum absolute atomic E-state index is 13.4. The van der Waals surface area contributed by atoms with Crippen LogP contribution in [0.2, 0.25) is 0 Å². The molecule has 3 aliphatic rings. The molecule has 0 aromatic rings. The number of hydrogen-bond donors (Lipinski definition) is 4. The summed E-state index contributed by atoms with van der Waals surface area (Å²) in [6.45, 7) is 5.10. The molecule has 5 atom stereocenters. The minimum absolute atomic E-state index is 0.00688. The largest absolute Gasteiger partial charge is 0.479 e. The third kappa shape index (κ3) is 6.04. The van der Waals surface area contributed by atoms with E-state index in [1.54, 1.807) is 20.8 Å². The zero-order valence-electron chi connectivity index (χ0n) is 19.5. The van der Waals surface area contributed by atoms with Crippen molar-refractivity contribution >= 4 is 23.9 Å². The highest BCUT2D eigenvalue weighted by Gasteiger charge is 2.61. The van der Waals surface area contributed by atoms with Gasteiger partial charge in [-0.1, -0.05) is 25.0 Å². The number of carbonyl (C=O) groups excluding carboxylic acids is 3. The van der Waals surface area contributed by atoms with Crippen LogP contribution in [0.5, 0.6) is 0 Å². The van der Waals surface area contributed by atoms with E-state index < -0.39 is 53.2 Å². The Morgan fingerprint density at radius 2 is 1.97 bits per heavy atom. The molecule has 3 rings (SSSR count). The first-order valence-corrected chi connectivity index (χ1v) is 11.6. The van der Waals surface area contributed by atoms with E-state index in [-0.39, 0.29) is 25.3 Å². The van der Waals surface area contributed by atoms with Crippen molar-refractivity contribution in [1.82, 2.24) is 15.5 Å². The van der Waals surface area contributed by atoms with Crippen molar-refractivity contribution in [2.75, 3.05) is 6.54 Å². The van der Waals surface area contributed by atoms with Crippen molar-refractivity contribution < 1.29 is 34.1 Å². The standard InChI is InChI=1S/C23H35N3O7/c1-22(2,3)33-21(32)24-16-10-8-6-4-5-7-9-14-12-23(14,20(30)31)25-18(28)17-11-15(27)13-26(17)19(16)29/h7,9,14-17,27H,4-6,8,10-13H2,1-3H3,(H,24,32)(H,25,28)(H,30,31)/b9-7-/t14-,15+,16?,17+,23-/m1/s1. The summed E-state index contributed by atoms with van der Waals surface area (Å²) in [5, 5.41) is 25.2. The second-order valence-electron chi connectivity index (χ2n) is 10.2. The Hall–Kier alpha value is -2.62. The summed E-state index contributed by atoms with van der Waals surface area (Å²) >= 11 is 0. The Morgan fingerprint density at radius 1 is 1.24 bits per heavy atom. The van der Waals surface area contributed by atoms with Crippen LogP contribution >= 0.6 is 0 Å². The number of nitrogens with one attached hydrogen (secondary N) is 2. The van der Waals surface area contributed by atoms with E-state index >= 15 is 0 Å². The van der Waals surface area contributed by atoms with Crippen molar-refractivity contribution in [3.05, 3.63) is 12.2 Å². The smallest absolute Gasteiger partial charge is 0.408 e. The van der Waals surface area contributed by atoms with Gasteiger partial charge in [-0.05, 0) is 46.5 Å². The Morgan fingerprint density at radius 3 is 2.64 bits per heavy atom. The number of carboxylic acid groups (broad SMARTS) is 1. The summed E-state index contributed by atoms with van der Waals surface area (Å²) in [7, 11) is 0. The molecular weight excluding hydrogens is 430 g/mol. The monoisotopic (exact) mass is 465 g/mol. The zero-order valence-corrected chi connectivity index (χ0v) is 19.5. The first-order chi connectivity index (χ1) is 15.4. The van der Waals surface area contributed by atoms with Gasteiger partial charge < -0.3 is 30.5 Å². The highest BCUT2D eigenvalue weighted by Crippen LogP contribution is 2.45. The van der Waals surface area contributed by atoms with Crippen LogP contribution in [-0.2, 0) is 19.1 Å². The molecule has 0 aromatic carbocycles. The lowest BCUT2D eigenvalue weighted by Crippen LogP contribution is -2.56. The molecule has 10 nitrogen and oxygen atoms in total. The second-order valence-corrected chi connectivity index (χ2v) is 10.2. The average molecular weight is 466 g/mol. The summed E-state index contributed by atoms with van der Waals surface area (Å²) in [5.74, 6) is -2.51. The van der Waals surface area contributed by atoms with E-state index in [1.807, 2.05) is 12.2 Å². The lowest BCUT2D eigenvalue weighted by Gasteiger charge is -2.30. The molecular formula is C23H35N3O7. The molecule has 4 N–H and O–H groups in total. The van der Waals surface area contributed by atoms with Gasteiger partial charge in [0.15, 0.2) is 0 Å². The summed E-state index contributed by atoms with van der Waals surface area (Å²) in [6, 6.07) is -1.93. The number of aliphatic carboxylic acids is 1. The normalized spacial score (nSPS) is 34.1.